The Balaban J connectivity index is 2.66. The first-order chi connectivity index (χ1) is 11.4. The standard InChI is InChI=1S/C16H22ClN3O4/c1-3-20(4-2)14(21)10-24-15(22)9-13(19-16(18)23)11-5-7-12(17)8-6-11/h5-8,13H,3-4,9-10H2,1-2H3,(H3,18,19,23)/t13-/m1/s1. The van der Waals surface area contributed by atoms with Crippen LogP contribution in [0.15, 0.2) is 24.3 Å². The van der Waals surface area contributed by atoms with Crippen LogP contribution in [-0.2, 0) is 14.3 Å². The van der Waals surface area contributed by atoms with Crippen LogP contribution < -0.4 is 11.1 Å². The number of likely N-dealkylation sites (N-methyl/N-ethyl adjacent to an activating group) is 1. The Bertz CT molecular complexity index is 573. The highest BCUT2D eigenvalue weighted by atomic mass is 35.5. The molecule has 1 atom stereocenters. The zero-order chi connectivity index (χ0) is 18.1. The Morgan fingerprint density at radius 3 is 2.29 bits per heavy atom. The van der Waals surface area contributed by atoms with Crippen molar-refractivity contribution in [1.82, 2.24) is 10.2 Å². The highest BCUT2D eigenvalue weighted by Gasteiger charge is 2.20. The predicted molar refractivity (Wildman–Crippen MR) is 90.4 cm³/mol. The number of carbonyl (C=O) groups excluding carboxylic acids is 3. The molecule has 1 aromatic carbocycles. The van der Waals surface area contributed by atoms with Gasteiger partial charge in [-0.15, -0.1) is 0 Å². The van der Waals surface area contributed by atoms with Crippen LogP contribution in [0.3, 0.4) is 0 Å². The van der Waals surface area contributed by atoms with Crippen molar-refractivity contribution < 1.29 is 19.1 Å². The molecule has 0 fully saturated rings. The molecule has 3 N–H and O–H groups in total. The summed E-state index contributed by atoms with van der Waals surface area (Å²) in [7, 11) is 0. The van der Waals surface area contributed by atoms with Gasteiger partial charge in [0.25, 0.3) is 5.91 Å². The number of hydrogen-bond acceptors (Lipinski definition) is 4. The van der Waals surface area contributed by atoms with Crippen LogP contribution >= 0.6 is 11.6 Å². The van der Waals surface area contributed by atoms with Crippen molar-refractivity contribution in [2.45, 2.75) is 26.3 Å². The third-order valence-electron chi connectivity index (χ3n) is 3.43. The maximum atomic E-state index is 12.0. The van der Waals surface area contributed by atoms with E-state index in [0.717, 1.165) is 0 Å². The molecular weight excluding hydrogens is 334 g/mol. The second kappa shape index (κ2) is 9.77. The van der Waals surface area contributed by atoms with Crippen molar-refractivity contribution >= 4 is 29.5 Å². The topological polar surface area (TPSA) is 102 Å². The van der Waals surface area contributed by atoms with Crippen LogP contribution in [0.5, 0.6) is 0 Å². The Hall–Kier alpha value is -2.28. The second-order valence-electron chi connectivity index (χ2n) is 5.04. The van der Waals surface area contributed by atoms with E-state index < -0.39 is 18.0 Å². The van der Waals surface area contributed by atoms with Crippen molar-refractivity contribution in [3.8, 4) is 0 Å². The molecule has 0 aliphatic rings. The zero-order valence-electron chi connectivity index (χ0n) is 13.8. The summed E-state index contributed by atoms with van der Waals surface area (Å²) in [5, 5.41) is 3.01. The lowest BCUT2D eigenvalue weighted by molar-refractivity contribution is -0.152. The van der Waals surface area contributed by atoms with Gasteiger partial charge in [0.05, 0.1) is 12.5 Å². The minimum atomic E-state index is -0.762. The van der Waals surface area contributed by atoms with Crippen molar-refractivity contribution in [2.24, 2.45) is 5.73 Å². The Kier molecular flexibility index (Phi) is 8.05. The molecule has 7 nitrogen and oxygen atoms in total. The average Bonchev–Trinajstić information content (AvgIpc) is 2.53. The van der Waals surface area contributed by atoms with E-state index in [-0.39, 0.29) is 18.9 Å². The molecule has 0 aliphatic carbocycles. The van der Waals surface area contributed by atoms with Gasteiger partial charge >= 0.3 is 12.0 Å². The molecule has 0 unspecified atom stereocenters. The summed E-state index contributed by atoms with van der Waals surface area (Å²) >= 11 is 5.82. The molecule has 0 heterocycles. The van der Waals surface area contributed by atoms with Crippen LogP contribution in [0.4, 0.5) is 4.79 Å². The first-order valence-corrected chi connectivity index (χ1v) is 8.00. The van der Waals surface area contributed by atoms with Gasteiger partial charge in [-0.2, -0.15) is 0 Å². The molecule has 0 bridgehead atoms. The lowest BCUT2D eigenvalue weighted by Gasteiger charge is -2.20. The number of esters is 1. The first-order valence-electron chi connectivity index (χ1n) is 7.62. The van der Waals surface area contributed by atoms with Gasteiger partial charge in [0.1, 0.15) is 0 Å². The minimum absolute atomic E-state index is 0.143. The van der Waals surface area contributed by atoms with Crippen molar-refractivity contribution in [1.29, 1.82) is 0 Å². The summed E-state index contributed by atoms with van der Waals surface area (Å²) < 4.78 is 5.00. The largest absolute Gasteiger partial charge is 0.455 e. The number of nitrogens with one attached hydrogen (secondary N) is 1. The third-order valence-corrected chi connectivity index (χ3v) is 3.68. The number of primary amides is 1. The quantitative estimate of drug-likeness (QED) is 0.695. The zero-order valence-corrected chi connectivity index (χ0v) is 14.5. The molecule has 3 amide bonds. The number of carbonyl (C=O) groups is 3. The first kappa shape index (κ1) is 19.8. The number of rotatable bonds is 8. The summed E-state index contributed by atoms with van der Waals surface area (Å²) in [6.45, 7) is 4.45. The average molecular weight is 356 g/mol. The lowest BCUT2D eigenvalue weighted by Crippen LogP contribution is -2.36. The number of urea groups is 1. The monoisotopic (exact) mass is 355 g/mol. The normalized spacial score (nSPS) is 11.5. The number of hydrogen-bond donors (Lipinski definition) is 2. The molecule has 132 valence electrons. The van der Waals surface area contributed by atoms with E-state index in [1.807, 2.05) is 13.8 Å². The molecule has 1 rings (SSSR count). The van der Waals surface area contributed by atoms with Crippen LogP contribution in [0.25, 0.3) is 0 Å². The van der Waals surface area contributed by atoms with Gasteiger partial charge in [0.2, 0.25) is 0 Å². The number of amides is 3. The Morgan fingerprint density at radius 1 is 1.21 bits per heavy atom. The van der Waals surface area contributed by atoms with Crippen molar-refractivity contribution in [2.75, 3.05) is 19.7 Å². The molecule has 0 radical (unpaired) electrons. The van der Waals surface area contributed by atoms with Gasteiger partial charge < -0.3 is 20.7 Å². The predicted octanol–water partition coefficient (Wildman–Crippen LogP) is 1.85. The summed E-state index contributed by atoms with van der Waals surface area (Å²) in [6.07, 6.45) is -0.143. The summed E-state index contributed by atoms with van der Waals surface area (Å²) in [4.78, 5) is 36.5. The van der Waals surface area contributed by atoms with Gasteiger partial charge in [-0.3, -0.25) is 9.59 Å². The van der Waals surface area contributed by atoms with Gasteiger partial charge in [0.15, 0.2) is 6.61 Å². The van der Waals surface area contributed by atoms with Crippen LogP contribution in [-0.4, -0.2) is 42.5 Å². The minimum Gasteiger partial charge on any atom is -0.455 e. The van der Waals surface area contributed by atoms with E-state index in [1.54, 1.807) is 29.2 Å². The van der Waals surface area contributed by atoms with Crippen LogP contribution in [0.1, 0.15) is 31.9 Å². The van der Waals surface area contributed by atoms with E-state index >= 15 is 0 Å². The van der Waals surface area contributed by atoms with Gasteiger partial charge in [-0.05, 0) is 31.5 Å². The maximum absolute atomic E-state index is 12.0. The van der Waals surface area contributed by atoms with Gasteiger partial charge in [0, 0.05) is 18.1 Å². The summed E-state index contributed by atoms with van der Waals surface area (Å²) in [5.41, 5.74) is 5.80. The van der Waals surface area contributed by atoms with E-state index in [2.05, 4.69) is 5.32 Å². The molecule has 0 aliphatic heterocycles. The second-order valence-corrected chi connectivity index (χ2v) is 5.48. The van der Waals surface area contributed by atoms with Crippen LogP contribution in [0, 0.1) is 0 Å². The Labute approximate surface area is 146 Å². The fourth-order valence-corrected chi connectivity index (χ4v) is 2.28. The fraction of sp³-hybridized carbons (Fsp3) is 0.438. The smallest absolute Gasteiger partial charge is 0.312 e. The number of benzene rings is 1. The maximum Gasteiger partial charge on any atom is 0.312 e. The van der Waals surface area contributed by atoms with E-state index in [4.69, 9.17) is 22.1 Å². The third kappa shape index (κ3) is 6.45. The van der Waals surface area contributed by atoms with E-state index in [0.29, 0.717) is 23.7 Å². The molecule has 1 aromatic rings. The highest BCUT2D eigenvalue weighted by molar-refractivity contribution is 6.30. The van der Waals surface area contributed by atoms with E-state index in [1.165, 1.54) is 0 Å². The SMILES string of the molecule is CCN(CC)C(=O)COC(=O)C[C@@H](NC(N)=O)c1ccc(Cl)cc1. The molecular formula is C16H22ClN3O4. The number of ether oxygens (including phenoxy) is 1. The Morgan fingerprint density at radius 2 is 1.79 bits per heavy atom. The number of halogens is 1. The van der Waals surface area contributed by atoms with E-state index in [9.17, 15) is 14.4 Å². The van der Waals surface area contributed by atoms with Gasteiger partial charge in [-0.25, -0.2) is 4.79 Å². The number of nitrogens with zero attached hydrogens (tertiary/aromatic N) is 1. The molecule has 8 heteroatoms. The summed E-state index contributed by atoms with van der Waals surface area (Å²) in [6, 6.07) is 5.22. The molecule has 0 spiro atoms. The molecule has 0 saturated heterocycles. The lowest BCUT2D eigenvalue weighted by atomic mass is 10.0. The van der Waals surface area contributed by atoms with Crippen molar-refractivity contribution in [3.05, 3.63) is 34.9 Å². The molecule has 0 aromatic heterocycles. The molecule has 24 heavy (non-hydrogen) atoms. The molecule has 0 saturated carbocycles. The van der Waals surface area contributed by atoms with Crippen molar-refractivity contribution in [3.63, 3.8) is 0 Å². The van der Waals surface area contributed by atoms with Crippen LogP contribution in [0.2, 0.25) is 5.02 Å². The number of nitrogens with two attached hydrogens (primary N) is 1. The van der Waals surface area contributed by atoms with Gasteiger partial charge in [-0.1, -0.05) is 23.7 Å². The summed E-state index contributed by atoms with van der Waals surface area (Å²) in [5.74, 6) is -0.872. The fourth-order valence-electron chi connectivity index (χ4n) is 2.15. The highest BCUT2D eigenvalue weighted by Crippen LogP contribution is 2.20.